The lowest BCUT2D eigenvalue weighted by Gasteiger charge is -2.21. The van der Waals surface area contributed by atoms with Gasteiger partial charge in [0, 0.05) is 12.8 Å². The molecule has 0 rings (SSSR count). The van der Waals surface area contributed by atoms with Crippen LogP contribution in [0.2, 0.25) is 0 Å². The van der Waals surface area contributed by atoms with E-state index < -0.39 is 0 Å². The van der Waals surface area contributed by atoms with Gasteiger partial charge in [0.15, 0.2) is 25.1 Å². The molecule has 0 saturated carbocycles. The summed E-state index contributed by atoms with van der Waals surface area (Å²) in [5, 5.41) is 0. The molecule has 2 atom stereocenters. The van der Waals surface area contributed by atoms with Gasteiger partial charge in [-0.3, -0.25) is 0 Å². The Balaban J connectivity index is 4.45. The standard InChI is InChI=1S/C34H66O7/c1-9-11-13-15-17-19-21-23-25-31(35-5)33(37-7)29(3)40-27-39-28-41-30(4)34(38-8)32(36-6)26-24-22-20-18-16-14-12-10-2/h29-30H,9-28H2,1-8H3. The number of allylic oxidation sites excluding steroid dienone is 2. The van der Waals surface area contributed by atoms with Crippen LogP contribution in [0.4, 0.5) is 0 Å². The lowest BCUT2D eigenvalue weighted by Crippen LogP contribution is -2.21. The molecule has 7 heteroatoms. The van der Waals surface area contributed by atoms with Crippen molar-refractivity contribution in [3.8, 4) is 0 Å². The molecule has 0 amide bonds. The van der Waals surface area contributed by atoms with Crippen LogP contribution in [0.15, 0.2) is 23.0 Å². The zero-order valence-corrected chi connectivity index (χ0v) is 28.2. The molecule has 0 aromatic carbocycles. The highest BCUT2D eigenvalue weighted by Crippen LogP contribution is 2.22. The van der Waals surface area contributed by atoms with Gasteiger partial charge in [0.2, 0.25) is 0 Å². The second-order valence-corrected chi connectivity index (χ2v) is 10.9. The van der Waals surface area contributed by atoms with Crippen LogP contribution in [0.25, 0.3) is 0 Å². The van der Waals surface area contributed by atoms with E-state index in [4.69, 9.17) is 33.2 Å². The highest BCUT2D eigenvalue weighted by Gasteiger charge is 2.19. The Kier molecular flexibility index (Phi) is 27.7. The number of rotatable bonds is 30. The first-order chi connectivity index (χ1) is 20.0. The Morgan fingerprint density at radius 3 is 1.05 bits per heavy atom. The molecular weight excluding hydrogens is 520 g/mol. The summed E-state index contributed by atoms with van der Waals surface area (Å²) in [7, 11) is 6.71. The van der Waals surface area contributed by atoms with E-state index in [2.05, 4.69) is 13.8 Å². The molecule has 0 aromatic rings. The van der Waals surface area contributed by atoms with Gasteiger partial charge in [0.1, 0.15) is 23.7 Å². The van der Waals surface area contributed by atoms with Gasteiger partial charge in [-0.15, -0.1) is 0 Å². The summed E-state index contributed by atoms with van der Waals surface area (Å²) in [4.78, 5) is 0. The minimum atomic E-state index is -0.289. The largest absolute Gasteiger partial charge is 0.497 e. The summed E-state index contributed by atoms with van der Waals surface area (Å²) in [5.74, 6) is 3.11. The number of unbranched alkanes of at least 4 members (excludes halogenated alkanes) is 14. The first-order valence-electron chi connectivity index (χ1n) is 16.4. The fourth-order valence-electron chi connectivity index (χ4n) is 4.99. The lowest BCUT2D eigenvalue weighted by molar-refractivity contribution is -0.159. The van der Waals surface area contributed by atoms with Gasteiger partial charge in [-0.05, 0) is 26.7 Å². The molecule has 0 aliphatic rings. The topological polar surface area (TPSA) is 64.6 Å². The van der Waals surface area contributed by atoms with Crippen molar-refractivity contribution >= 4 is 0 Å². The predicted octanol–water partition coefficient (Wildman–Crippen LogP) is 9.80. The predicted molar refractivity (Wildman–Crippen MR) is 168 cm³/mol. The first kappa shape index (κ1) is 39.6. The summed E-state index contributed by atoms with van der Waals surface area (Å²) in [6, 6.07) is 0. The van der Waals surface area contributed by atoms with Crippen LogP contribution in [0, 0.1) is 0 Å². The monoisotopic (exact) mass is 586 g/mol. The average Bonchev–Trinajstić information content (AvgIpc) is 2.98. The molecular formula is C34H66O7. The molecule has 0 heterocycles. The minimum Gasteiger partial charge on any atom is -0.497 e. The van der Waals surface area contributed by atoms with Crippen LogP contribution in [-0.2, 0) is 33.2 Å². The molecule has 0 spiro atoms. The zero-order valence-electron chi connectivity index (χ0n) is 28.2. The van der Waals surface area contributed by atoms with Crippen molar-refractivity contribution in [1.82, 2.24) is 0 Å². The lowest BCUT2D eigenvalue weighted by atomic mass is 10.1. The molecule has 0 aliphatic heterocycles. The molecule has 0 radical (unpaired) electrons. The van der Waals surface area contributed by atoms with Gasteiger partial charge in [-0.2, -0.15) is 0 Å². The summed E-state index contributed by atoms with van der Waals surface area (Å²) in [5.41, 5.74) is 0. The molecule has 2 unspecified atom stereocenters. The Labute approximate surface area is 253 Å². The molecule has 0 fully saturated rings. The van der Waals surface area contributed by atoms with Crippen LogP contribution in [0.1, 0.15) is 143 Å². The average molecular weight is 587 g/mol. The van der Waals surface area contributed by atoms with Crippen LogP contribution < -0.4 is 0 Å². The summed E-state index contributed by atoms with van der Waals surface area (Å²) >= 11 is 0. The highest BCUT2D eigenvalue weighted by molar-refractivity contribution is 5.07. The van der Waals surface area contributed by atoms with Crippen molar-refractivity contribution in [3.63, 3.8) is 0 Å². The van der Waals surface area contributed by atoms with E-state index in [1.165, 1.54) is 89.9 Å². The van der Waals surface area contributed by atoms with Crippen LogP contribution in [0.5, 0.6) is 0 Å². The Morgan fingerprint density at radius 1 is 0.439 bits per heavy atom. The van der Waals surface area contributed by atoms with Gasteiger partial charge in [-0.1, -0.05) is 104 Å². The van der Waals surface area contributed by atoms with Crippen molar-refractivity contribution in [3.05, 3.63) is 23.0 Å². The molecule has 7 nitrogen and oxygen atoms in total. The summed E-state index contributed by atoms with van der Waals surface area (Å²) in [6.07, 6.45) is 21.5. The molecule has 0 aromatic heterocycles. The first-order valence-corrected chi connectivity index (χ1v) is 16.4. The van der Waals surface area contributed by atoms with Gasteiger partial charge in [0.05, 0.1) is 28.4 Å². The summed E-state index contributed by atoms with van der Waals surface area (Å²) in [6.45, 7) is 8.56. The van der Waals surface area contributed by atoms with Crippen LogP contribution in [0.3, 0.4) is 0 Å². The maximum absolute atomic E-state index is 5.87. The Bertz CT molecular complexity index is 593. The third-order valence-electron chi connectivity index (χ3n) is 7.54. The smallest absolute Gasteiger partial charge is 0.162 e. The highest BCUT2D eigenvalue weighted by atomic mass is 16.7. The number of hydrogen-bond acceptors (Lipinski definition) is 7. The maximum atomic E-state index is 5.87. The fourth-order valence-corrected chi connectivity index (χ4v) is 4.99. The molecule has 0 bridgehead atoms. The quantitative estimate of drug-likeness (QED) is 0.0471. The molecule has 244 valence electrons. The zero-order chi connectivity index (χ0) is 30.6. The van der Waals surface area contributed by atoms with Crippen LogP contribution >= 0.6 is 0 Å². The Hall–Kier alpha value is -1.44. The van der Waals surface area contributed by atoms with Crippen molar-refractivity contribution in [2.45, 2.75) is 155 Å². The number of ether oxygens (including phenoxy) is 7. The van der Waals surface area contributed by atoms with E-state index in [1.54, 1.807) is 28.4 Å². The maximum Gasteiger partial charge on any atom is 0.162 e. The second kappa shape index (κ2) is 28.7. The minimum absolute atomic E-state index is 0.0803. The van der Waals surface area contributed by atoms with E-state index in [-0.39, 0.29) is 25.8 Å². The molecule has 0 saturated heterocycles. The van der Waals surface area contributed by atoms with Crippen molar-refractivity contribution in [1.29, 1.82) is 0 Å². The van der Waals surface area contributed by atoms with E-state index in [0.29, 0.717) is 11.5 Å². The fraction of sp³-hybridized carbons (Fsp3) is 0.882. The van der Waals surface area contributed by atoms with E-state index in [9.17, 15) is 0 Å². The van der Waals surface area contributed by atoms with Crippen LogP contribution in [-0.4, -0.2) is 54.2 Å². The van der Waals surface area contributed by atoms with Crippen molar-refractivity contribution in [2.75, 3.05) is 42.0 Å². The number of hydrogen-bond donors (Lipinski definition) is 0. The summed E-state index contributed by atoms with van der Waals surface area (Å²) < 4.78 is 40.0. The van der Waals surface area contributed by atoms with Crippen molar-refractivity contribution < 1.29 is 33.2 Å². The molecule has 41 heavy (non-hydrogen) atoms. The second-order valence-electron chi connectivity index (χ2n) is 10.9. The van der Waals surface area contributed by atoms with Gasteiger partial charge >= 0.3 is 0 Å². The third-order valence-corrected chi connectivity index (χ3v) is 7.54. The SMILES string of the molecule is CCCCCCCCCCC(OC)=C(OC)C(C)OCOCOC(C)C(OC)=C(CCCCCCCCCC)OC. The van der Waals surface area contributed by atoms with Crippen molar-refractivity contribution in [2.24, 2.45) is 0 Å². The van der Waals surface area contributed by atoms with E-state index in [0.717, 1.165) is 37.2 Å². The Morgan fingerprint density at radius 2 is 0.756 bits per heavy atom. The van der Waals surface area contributed by atoms with Gasteiger partial charge in [-0.25, -0.2) is 0 Å². The van der Waals surface area contributed by atoms with E-state index in [1.807, 2.05) is 13.8 Å². The van der Waals surface area contributed by atoms with E-state index >= 15 is 0 Å². The van der Waals surface area contributed by atoms with Gasteiger partial charge in [0.25, 0.3) is 0 Å². The molecule has 0 N–H and O–H groups in total. The molecule has 0 aliphatic carbocycles. The normalized spacial score (nSPS) is 14.2. The number of methoxy groups -OCH3 is 4. The third kappa shape index (κ3) is 20.2. The van der Waals surface area contributed by atoms with Gasteiger partial charge < -0.3 is 33.2 Å².